The molecular weight excluding hydrogens is 891 g/mol. The van der Waals surface area contributed by atoms with Crippen LogP contribution in [0.2, 0.25) is 0 Å². The minimum Gasteiger partial charge on any atom is -0.465 e. The maximum absolute atomic E-state index is 13.6. The molecule has 0 aromatic heterocycles. The van der Waals surface area contributed by atoms with Gasteiger partial charge in [-0.15, -0.1) is 0 Å². The summed E-state index contributed by atoms with van der Waals surface area (Å²) in [7, 11) is 2.10. The van der Waals surface area contributed by atoms with Crippen LogP contribution in [0, 0.1) is 0 Å². The van der Waals surface area contributed by atoms with Crippen LogP contribution in [0.25, 0.3) is 0 Å². The Morgan fingerprint density at radius 3 is 1.31 bits per heavy atom. The number of esters is 4. The topological polar surface area (TPSA) is 115 Å². The molecule has 11 heteroatoms. The quantitative estimate of drug-likeness (QED) is 0.0330. The summed E-state index contributed by atoms with van der Waals surface area (Å²) in [6, 6.07) is -0.456. The molecule has 416 valence electrons. The van der Waals surface area contributed by atoms with Crippen LogP contribution in [-0.4, -0.2) is 122 Å². The van der Waals surface area contributed by atoms with Gasteiger partial charge in [-0.3, -0.25) is 29.0 Å². The molecule has 0 aliphatic carbocycles. The molecule has 0 N–H and O–H groups in total. The molecule has 0 aromatic rings. The van der Waals surface area contributed by atoms with Gasteiger partial charge in [-0.05, 0) is 90.6 Å². The first-order valence-corrected chi connectivity index (χ1v) is 30.6. The van der Waals surface area contributed by atoms with E-state index in [4.69, 9.17) is 18.9 Å². The zero-order valence-electron chi connectivity index (χ0n) is 47.2. The molecule has 71 heavy (non-hydrogen) atoms. The number of hydrogen-bond acceptors (Lipinski definition) is 11. The first-order chi connectivity index (χ1) is 34.7. The lowest BCUT2D eigenvalue weighted by Gasteiger charge is -2.31. The number of rotatable bonds is 48. The van der Waals surface area contributed by atoms with Gasteiger partial charge in [0.2, 0.25) is 0 Å². The van der Waals surface area contributed by atoms with E-state index in [2.05, 4.69) is 49.4 Å². The van der Waals surface area contributed by atoms with Crippen LogP contribution in [0.1, 0.15) is 278 Å². The minimum atomic E-state index is -0.456. The number of hydrogen-bond donors (Lipinski definition) is 0. The average molecular weight is 1000 g/mol. The summed E-state index contributed by atoms with van der Waals surface area (Å²) in [6.07, 6.45) is 41.8. The Bertz CT molecular complexity index is 1260. The SMILES string of the molecule is CCCCCCCCC(CCCCCCCC)OC(=O)CCCCCCCOC(=O)[C@@H]1C[C@H](OC(=O)CN2CCN(C)CC2)CN1CCCCCC(=O)OC(CCCCCCCC)CCCCCCCC. The highest BCUT2D eigenvalue weighted by atomic mass is 16.6. The van der Waals surface area contributed by atoms with Crippen LogP contribution >= 0.6 is 0 Å². The standard InChI is InChI=1S/C60H113N3O8/c1-6-10-14-18-23-30-38-53(39-31-24-19-15-11-7-2)69-57(64)42-34-27-22-28-37-49-68-60(67)56-50-55(71-59(66)52-62-47-45-61(5)46-48-62)51-63(56)44-36-29-35-43-58(65)70-54(40-32-25-20-16-12-8-3)41-33-26-21-17-13-9-4/h53-56H,6-52H2,1-5H3/t55-,56-/m0/s1. The molecule has 2 aliphatic rings. The van der Waals surface area contributed by atoms with E-state index in [1.165, 1.54) is 128 Å². The zero-order valence-corrected chi connectivity index (χ0v) is 47.2. The molecule has 2 saturated heterocycles. The van der Waals surface area contributed by atoms with Gasteiger partial charge in [-0.1, -0.05) is 182 Å². The summed E-state index contributed by atoms with van der Waals surface area (Å²) >= 11 is 0. The highest BCUT2D eigenvalue weighted by Crippen LogP contribution is 2.25. The van der Waals surface area contributed by atoms with E-state index in [9.17, 15) is 19.2 Å². The van der Waals surface area contributed by atoms with Crippen LogP contribution in [0.5, 0.6) is 0 Å². The molecule has 0 amide bonds. The van der Waals surface area contributed by atoms with E-state index in [0.29, 0.717) is 39.0 Å². The molecule has 2 aliphatic heterocycles. The van der Waals surface area contributed by atoms with Crippen molar-refractivity contribution in [3.63, 3.8) is 0 Å². The summed E-state index contributed by atoms with van der Waals surface area (Å²) in [4.78, 5) is 59.2. The van der Waals surface area contributed by atoms with Crippen LogP contribution in [0.15, 0.2) is 0 Å². The van der Waals surface area contributed by atoms with Gasteiger partial charge in [0.05, 0.1) is 13.2 Å². The Morgan fingerprint density at radius 2 is 0.859 bits per heavy atom. The number of nitrogens with zero attached hydrogens (tertiary/aromatic N) is 3. The van der Waals surface area contributed by atoms with E-state index in [1.54, 1.807) is 0 Å². The molecule has 2 fully saturated rings. The lowest BCUT2D eigenvalue weighted by Crippen LogP contribution is -2.46. The van der Waals surface area contributed by atoms with E-state index in [1.807, 2.05) is 0 Å². The Kier molecular flexibility index (Phi) is 41.3. The van der Waals surface area contributed by atoms with Crippen LogP contribution in [0.4, 0.5) is 0 Å². The largest absolute Gasteiger partial charge is 0.465 e. The van der Waals surface area contributed by atoms with E-state index in [-0.39, 0.29) is 48.7 Å². The molecule has 0 spiro atoms. The molecule has 0 radical (unpaired) electrons. The van der Waals surface area contributed by atoms with Crippen molar-refractivity contribution < 1.29 is 38.1 Å². The monoisotopic (exact) mass is 1000 g/mol. The zero-order chi connectivity index (χ0) is 51.4. The van der Waals surface area contributed by atoms with Crippen molar-refractivity contribution in [3.05, 3.63) is 0 Å². The Morgan fingerprint density at radius 1 is 0.465 bits per heavy atom. The molecular formula is C60H113N3O8. The number of unbranched alkanes of at least 4 members (excludes halogenated alkanes) is 26. The molecule has 11 nitrogen and oxygen atoms in total. The Hall–Kier alpha value is -2.24. The van der Waals surface area contributed by atoms with Gasteiger partial charge in [0.1, 0.15) is 24.4 Å². The number of likely N-dealkylation sites (tertiary alicyclic amines) is 1. The second kappa shape index (κ2) is 45.2. The number of carbonyl (C=O) groups is 4. The fourth-order valence-corrected chi connectivity index (χ4v) is 10.4. The van der Waals surface area contributed by atoms with Crippen molar-refractivity contribution in [3.8, 4) is 0 Å². The van der Waals surface area contributed by atoms with Crippen molar-refractivity contribution in [2.24, 2.45) is 0 Å². The second-order valence-electron chi connectivity index (χ2n) is 21.9. The van der Waals surface area contributed by atoms with Crippen molar-refractivity contribution in [1.29, 1.82) is 0 Å². The molecule has 2 rings (SSSR count). The molecule has 2 heterocycles. The average Bonchev–Trinajstić information content (AvgIpc) is 3.76. The summed E-state index contributed by atoms with van der Waals surface area (Å²) in [5, 5.41) is 0. The van der Waals surface area contributed by atoms with Gasteiger partial charge in [0.25, 0.3) is 0 Å². The third-order valence-corrected chi connectivity index (χ3v) is 15.1. The Balaban J connectivity index is 1.79. The third-order valence-electron chi connectivity index (χ3n) is 15.1. The highest BCUT2D eigenvalue weighted by molar-refractivity contribution is 5.77. The molecule has 0 unspecified atom stereocenters. The lowest BCUT2D eigenvalue weighted by molar-refractivity contribution is -0.152. The summed E-state index contributed by atoms with van der Waals surface area (Å²) < 4.78 is 24.0. The number of carbonyl (C=O) groups excluding carboxylic acids is 4. The highest BCUT2D eigenvalue weighted by Gasteiger charge is 2.39. The predicted octanol–water partition coefficient (Wildman–Crippen LogP) is 14.5. The number of likely N-dealkylation sites (N-methyl/N-ethyl adjacent to an activating group) is 1. The fraction of sp³-hybridized carbons (Fsp3) is 0.933. The van der Waals surface area contributed by atoms with Crippen molar-refractivity contribution >= 4 is 23.9 Å². The summed E-state index contributed by atoms with van der Waals surface area (Å²) in [5.74, 6) is -0.597. The second-order valence-corrected chi connectivity index (χ2v) is 21.9. The first-order valence-electron chi connectivity index (χ1n) is 30.6. The molecule has 2 atom stereocenters. The van der Waals surface area contributed by atoms with E-state index < -0.39 is 6.04 Å². The predicted molar refractivity (Wildman–Crippen MR) is 293 cm³/mol. The Labute approximate surface area is 437 Å². The summed E-state index contributed by atoms with van der Waals surface area (Å²) in [6.45, 7) is 14.4. The normalized spacial score (nSPS) is 16.8. The van der Waals surface area contributed by atoms with Gasteiger partial charge in [-0.2, -0.15) is 0 Å². The summed E-state index contributed by atoms with van der Waals surface area (Å²) in [5.41, 5.74) is 0. The maximum Gasteiger partial charge on any atom is 0.323 e. The van der Waals surface area contributed by atoms with Gasteiger partial charge in [-0.25, -0.2) is 0 Å². The number of piperazine rings is 1. The maximum atomic E-state index is 13.6. The smallest absolute Gasteiger partial charge is 0.323 e. The van der Waals surface area contributed by atoms with Gasteiger partial charge in [0, 0.05) is 52.0 Å². The van der Waals surface area contributed by atoms with Crippen molar-refractivity contribution in [1.82, 2.24) is 14.7 Å². The van der Waals surface area contributed by atoms with Gasteiger partial charge >= 0.3 is 23.9 Å². The van der Waals surface area contributed by atoms with Crippen LogP contribution in [-0.2, 0) is 38.1 Å². The fourth-order valence-electron chi connectivity index (χ4n) is 10.4. The van der Waals surface area contributed by atoms with E-state index >= 15 is 0 Å². The van der Waals surface area contributed by atoms with Crippen molar-refractivity contribution in [2.75, 3.05) is 59.5 Å². The van der Waals surface area contributed by atoms with Crippen molar-refractivity contribution in [2.45, 2.75) is 302 Å². The third kappa shape index (κ3) is 35.6. The molecule has 0 aromatic carbocycles. The van der Waals surface area contributed by atoms with E-state index in [0.717, 1.165) is 129 Å². The first kappa shape index (κ1) is 64.9. The van der Waals surface area contributed by atoms with Crippen LogP contribution < -0.4 is 0 Å². The van der Waals surface area contributed by atoms with Gasteiger partial charge < -0.3 is 23.8 Å². The number of ether oxygens (including phenoxy) is 4. The van der Waals surface area contributed by atoms with Crippen LogP contribution in [0.3, 0.4) is 0 Å². The molecule has 0 saturated carbocycles. The minimum absolute atomic E-state index is 0.0276. The molecule has 0 bridgehead atoms. The lowest BCUT2D eigenvalue weighted by atomic mass is 10.0. The van der Waals surface area contributed by atoms with Gasteiger partial charge in [0.15, 0.2) is 0 Å².